The number of hydrogen-bond donors (Lipinski definition) is 1. The van der Waals surface area contributed by atoms with Crippen molar-refractivity contribution in [3.63, 3.8) is 0 Å². The van der Waals surface area contributed by atoms with Crippen LogP contribution in [0.2, 0.25) is 0 Å². The van der Waals surface area contributed by atoms with Crippen molar-refractivity contribution in [2.24, 2.45) is 0 Å². The minimum atomic E-state index is -0.460. The number of aromatic hydroxyl groups is 1. The van der Waals surface area contributed by atoms with Gasteiger partial charge in [0.25, 0.3) is 0 Å². The first-order valence-corrected chi connectivity index (χ1v) is 10.9. The Morgan fingerprint density at radius 3 is 1.93 bits per heavy atom. The van der Waals surface area contributed by atoms with E-state index in [0.717, 1.165) is 42.3 Å². The summed E-state index contributed by atoms with van der Waals surface area (Å²) >= 11 is 0. The van der Waals surface area contributed by atoms with Gasteiger partial charge in [0, 0.05) is 5.56 Å². The molecule has 1 fully saturated rings. The van der Waals surface area contributed by atoms with Crippen LogP contribution < -0.4 is 5.46 Å². The van der Waals surface area contributed by atoms with E-state index in [0.29, 0.717) is 5.75 Å². The molecule has 0 atom stereocenters. The minimum absolute atomic E-state index is 0.363. The van der Waals surface area contributed by atoms with E-state index in [9.17, 15) is 5.11 Å². The molecule has 3 aliphatic rings. The molecule has 1 aromatic rings. The Labute approximate surface area is 170 Å². The summed E-state index contributed by atoms with van der Waals surface area (Å²) in [5.74, 6) is 0.363. The van der Waals surface area contributed by atoms with E-state index in [1.165, 1.54) is 36.8 Å². The Morgan fingerprint density at radius 1 is 0.821 bits per heavy atom. The highest BCUT2D eigenvalue weighted by Gasteiger charge is 2.52. The van der Waals surface area contributed by atoms with E-state index in [2.05, 4.69) is 45.9 Å². The largest absolute Gasteiger partial charge is 0.507 e. The van der Waals surface area contributed by atoms with E-state index in [1.807, 2.05) is 6.07 Å². The maximum absolute atomic E-state index is 11.1. The van der Waals surface area contributed by atoms with Crippen LogP contribution in [0.3, 0.4) is 0 Å². The Bertz CT molecular complexity index is 803. The summed E-state index contributed by atoms with van der Waals surface area (Å²) in [4.78, 5) is 0. The van der Waals surface area contributed by atoms with Crippen molar-refractivity contribution in [3.8, 4) is 5.75 Å². The molecule has 28 heavy (non-hydrogen) atoms. The van der Waals surface area contributed by atoms with Gasteiger partial charge in [0.05, 0.1) is 11.2 Å². The van der Waals surface area contributed by atoms with Crippen molar-refractivity contribution < 1.29 is 14.4 Å². The molecule has 1 aliphatic heterocycles. The highest BCUT2D eigenvalue weighted by Crippen LogP contribution is 2.40. The zero-order valence-corrected chi connectivity index (χ0v) is 17.8. The fourth-order valence-electron chi connectivity index (χ4n) is 4.51. The van der Waals surface area contributed by atoms with Crippen LogP contribution >= 0.6 is 0 Å². The molecule has 0 saturated carbocycles. The first kappa shape index (κ1) is 19.8. The lowest BCUT2D eigenvalue weighted by molar-refractivity contribution is 0.00578. The second kappa shape index (κ2) is 7.38. The molecule has 1 heterocycles. The molecule has 2 aliphatic carbocycles. The first-order chi connectivity index (χ1) is 13.3. The Kier molecular flexibility index (Phi) is 5.22. The zero-order chi connectivity index (χ0) is 19.9. The minimum Gasteiger partial charge on any atom is -0.507 e. The molecular formula is C24H33BO3. The number of benzene rings is 1. The quantitative estimate of drug-likeness (QED) is 0.693. The lowest BCUT2D eigenvalue weighted by atomic mass is 9.71. The van der Waals surface area contributed by atoms with Gasteiger partial charge in [0.1, 0.15) is 5.75 Å². The molecule has 3 nitrogen and oxygen atoms in total. The van der Waals surface area contributed by atoms with Gasteiger partial charge in [0.15, 0.2) is 0 Å². The molecule has 0 unspecified atom stereocenters. The van der Waals surface area contributed by atoms with Crippen molar-refractivity contribution >= 4 is 23.7 Å². The summed E-state index contributed by atoms with van der Waals surface area (Å²) in [5.41, 5.74) is 4.80. The summed E-state index contributed by atoms with van der Waals surface area (Å²) in [6, 6.07) is 4.17. The van der Waals surface area contributed by atoms with Gasteiger partial charge >= 0.3 is 7.12 Å². The molecule has 0 radical (unpaired) electrons. The highest BCUT2D eigenvalue weighted by atomic mass is 16.7. The molecule has 4 heteroatoms. The Balaban J connectivity index is 1.82. The van der Waals surface area contributed by atoms with E-state index < -0.39 is 18.3 Å². The maximum Gasteiger partial charge on any atom is 0.495 e. The van der Waals surface area contributed by atoms with Crippen LogP contribution in [0.25, 0.3) is 11.1 Å². The third-order valence-electron chi connectivity index (χ3n) is 6.93. The lowest BCUT2D eigenvalue weighted by Crippen LogP contribution is -2.41. The van der Waals surface area contributed by atoms with Gasteiger partial charge in [-0.15, -0.1) is 0 Å². The van der Waals surface area contributed by atoms with Gasteiger partial charge in [0.2, 0.25) is 0 Å². The average molecular weight is 380 g/mol. The van der Waals surface area contributed by atoms with Crippen LogP contribution in [0.5, 0.6) is 5.75 Å². The predicted molar refractivity (Wildman–Crippen MR) is 117 cm³/mol. The molecule has 0 aromatic heterocycles. The second-order valence-electron chi connectivity index (χ2n) is 9.50. The van der Waals surface area contributed by atoms with Crippen LogP contribution in [0.15, 0.2) is 24.3 Å². The zero-order valence-electron chi connectivity index (χ0n) is 17.8. The fourth-order valence-corrected chi connectivity index (χ4v) is 4.51. The number of hydrogen-bond acceptors (Lipinski definition) is 3. The first-order valence-electron chi connectivity index (χ1n) is 10.9. The van der Waals surface area contributed by atoms with Crippen molar-refractivity contribution in [2.45, 2.75) is 90.3 Å². The monoisotopic (exact) mass is 380 g/mol. The van der Waals surface area contributed by atoms with Gasteiger partial charge < -0.3 is 14.4 Å². The number of phenols is 1. The standard InChI is InChI=1S/C24H33BO3/c1-23(2)24(3,4)28-25(27-23)20-15-19(17-11-7-5-8-12-17)16-21(26)22(20)18-13-9-6-10-14-18/h11,13,15-16,26H,5-10,12,14H2,1-4H3. The summed E-state index contributed by atoms with van der Waals surface area (Å²) < 4.78 is 12.8. The number of rotatable bonds is 3. The summed E-state index contributed by atoms with van der Waals surface area (Å²) in [6.07, 6.45) is 13.7. The van der Waals surface area contributed by atoms with Gasteiger partial charge in [-0.05, 0) is 107 Å². The van der Waals surface area contributed by atoms with Crippen LogP contribution in [0.1, 0.15) is 90.2 Å². The van der Waals surface area contributed by atoms with Crippen molar-refractivity contribution in [2.75, 3.05) is 0 Å². The molecule has 4 rings (SSSR count). The molecule has 0 bridgehead atoms. The predicted octanol–water partition coefficient (Wildman–Crippen LogP) is 5.61. The van der Waals surface area contributed by atoms with Crippen LogP contribution in [0.4, 0.5) is 0 Å². The topological polar surface area (TPSA) is 38.7 Å². The third kappa shape index (κ3) is 3.57. The molecule has 0 spiro atoms. The molecule has 150 valence electrons. The van der Waals surface area contributed by atoms with Gasteiger partial charge in [-0.1, -0.05) is 18.2 Å². The van der Waals surface area contributed by atoms with E-state index in [-0.39, 0.29) is 0 Å². The van der Waals surface area contributed by atoms with Gasteiger partial charge in [-0.2, -0.15) is 0 Å². The number of allylic oxidation sites excluding steroid dienone is 4. The Hall–Kier alpha value is -1.52. The van der Waals surface area contributed by atoms with Gasteiger partial charge in [-0.3, -0.25) is 0 Å². The smallest absolute Gasteiger partial charge is 0.495 e. The van der Waals surface area contributed by atoms with Crippen LogP contribution in [0, 0.1) is 0 Å². The average Bonchev–Trinajstić information content (AvgIpc) is 2.90. The van der Waals surface area contributed by atoms with Crippen molar-refractivity contribution in [1.82, 2.24) is 0 Å². The SMILES string of the molecule is CC1(C)OB(c2cc(C3=CCCCC3)cc(O)c2C2=CCCCC2)OC1(C)C. The van der Waals surface area contributed by atoms with Gasteiger partial charge in [-0.25, -0.2) is 0 Å². The molecule has 1 N–H and O–H groups in total. The second-order valence-corrected chi connectivity index (χ2v) is 9.50. The summed E-state index contributed by atoms with van der Waals surface area (Å²) in [5, 5.41) is 11.1. The third-order valence-corrected chi connectivity index (χ3v) is 6.93. The van der Waals surface area contributed by atoms with Crippen molar-refractivity contribution in [1.29, 1.82) is 0 Å². The number of phenolic OH excluding ortho intramolecular Hbond substituents is 1. The van der Waals surface area contributed by atoms with E-state index >= 15 is 0 Å². The maximum atomic E-state index is 11.1. The lowest BCUT2D eigenvalue weighted by Gasteiger charge is -2.32. The van der Waals surface area contributed by atoms with Crippen LogP contribution in [-0.4, -0.2) is 23.4 Å². The fraction of sp³-hybridized carbons (Fsp3) is 0.583. The molecule has 1 saturated heterocycles. The normalized spacial score (nSPS) is 24.1. The highest BCUT2D eigenvalue weighted by molar-refractivity contribution is 6.63. The summed E-state index contributed by atoms with van der Waals surface area (Å²) in [7, 11) is -0.460. The van der Waals surface area contributed by atoms with Crippen molar-refractivity contribution in [3.05, 3.63) is 35.4 Å². The molecule has 1 aromatic carbocycles. The van der Waals surface area contributed by atoms with E-state index in [4.69, 9.17) is 9.31 Å². The van der Waals surface area contributed by atoms with E-state index in [1.54, 1.807) is 0 Å². The Morgan fingerprint density at radius 2 is 1.39 bits per heavy atom. The van der Waals surface area contributed by atoms with Crippen LogP contribution in [-0.2, 0) is 9.31 Å². The summed E-state index contributed by atoms with van der Waals surface area (Å²) in [6.45, 7) is 8.33. The molecule has 0 amide bonds. The molecular weight excluding hydrogens is 347 g/mol.